The maximum Gasteiger partial charge on any atom is 3.00 e. The summed E-state index contributed by atoms with van der Waals surface area (Å²) in [5, 5.41) is 0. The molecule has 7 heavy (non-hydrogen) atoms. The van der Waals surface area contributed by atoms with Crippen molar-refractivity contribution in [2.45, 2.75) is 0 Å². The molecule has 0 aliphatic carbocycles. The summed E-state index contributed by atoms with van der Waals surface area (Å²) in [5.74, 6) is 0. The number of hydrogen-bond acceptors (Lipinski definition) is 0. The Labute approximate surface area is 110 Å². The zero-order chi connectivity index (χ0) is 0. The summed E-state index contributed by atoms with van der Waals surface area (Å²) in [6.45, 7) is 0. The molecular formula is H2Br5MoO-2. The van der Waals surface area contributed by atoms with Crippen LogP contribution in [0.5, 0.6) is 0 Å². The van der Waals surface area contributed by atoms with Gasteiger partial charge in [-0.2, -0.15) is 0 Å². The van der Waals surface area contributed by atoms with Gasteiger partial charge in [-0.25, -0.2) is 0 Å². The summed E-state index contributed by atoms with van der Waals surface area (Å²) in [6.07, 6.45) is 0. The van der Waals surface area contributed by atoms with Crippen molar-refractivity contribution >= 4 is 0 Å². The monoisotopic (exact) mass is 511 g/mol. The van der Waals surface area contributed by atoms with Gasteiger partial charge in [-0.3, -0.25) is 0 Å². The molecule has 7 heteroatoms. The van der Waals surface area contributed by atoms with Gasteiger partial charge in [-0.1, -0.05) is 0 Å². The molecule has 0 fully saturated rings. The van der Waals surface area contributed by atoms with Gasteiger partial charge in [0.2, 0.25) is 0 Å². The van der Waals surface area contributed by atoms with Crippen LogP contribution in [0, 0.1) is 0 Å². The Balaban J connectivity index is 0. The second-order valence-corrected chi connectivity index (χ2v) is 0. The Morgan fingerprint density at radius 1 is 0.429 bits per heavy atom. The van der Waals surface area contributed by atoms with Crippen molar-refractivity contribution in [1.82, 2.24) is 0 Å². The summed E-state index contributed by atoms with van der Waals surface area (Å²) < 4.78 is 0. The molecule has 0 aliphatic rings. The Bertz CT molecular complexity index is 8.04. The summed E-state index contributed by atoms with van der Waals surface area (Å²) >= 11 is 0. The van der Waals surface area contributed by atoms with Gasteiger partial charge in [0.1, 0.15) is 0 Å². The average Bonchev–Trinajstić information content (AvgIpc) is 0. The van der Waals surface area contributed by atoms with Crippen LogP contribution in [-0.4, -0.2) is 5.48 Å². The van der Waals surface area contributed by atoms with Gasteiger partial charge in [-0.05, 0) is 0 Å². The van der Waals surface area contributed by atoms with Crippen LogP contribution in [0.4, 0.5) is 0 Å². The number of hydrogen-bond donors (Lipinski definition) is 0. The Morgan fingerprint density at radius 2 is 0.429 bits per heavy atom. The number of rotatable bonds is 0. The zero-order valence-electron chi connectivity index (χ0n) is 2.80. The van der Waals surface area contributed by atoms with Crippen molar-refractivity contribution in [3.05, 3.63) is 0 Å². The molecule has 0 aromatic carbocycles. The zero-order valence-corrected chi connectivity index (χ0v) is 12.7. The van der Waals surface area contributed by atoms with E-state index in [0.29, 0.717) is 0 Å². The minimum Gasteiger partial charge on any atom is -1.00 e. The minimum atomic E-state index is 0. The normalized spacial score (nSPS) is 0. The fourth-order valence-electron chi connectivity index (χ4n) is 0. The Hall–Kier alpha value is 3.05. The van der Waals surface area contributed by atoms with Crippen molar-refractivity contribution < 1.29 is 111 Å². The molecule has 0 saturated carbocycles. The van der Waals surface area contributed by atoms with Crippen LogP contribution < -0.4 is 84.9 Å². The molecule has 0 atom stereocenters. The largest absolute Gasteiger partial charge is 3.00 e. The van der Waals surface area contributed by atoms with Crippen LogP contribution >= 0.6 is 0 Å². The van der Waals surface area contributed by atoms with Crippen LogP contribution in [0.15, 0.2) is 0 Å². The summed E-state index contributed by atoms with van der Waals surface area (Å²) in [4.78, 5) is 0. The Morgan fingerprint density at radius 3 is 0.429 bits per heavy atom. The first kappa shape index (κ1) is 88.5. The number of halogens is 5. The van der Waals surface area contributed by atoms with E-state index in [1.165, 1.54) is 0 Å². The fourth-order valence-corrected chi connectivity index (χ4v) is 0. The van der Waals surface area contributed by atoms with Crippen LogP contribution in [0.2, 0.25) is 0 Å². The van der Waals surface area contributed by atoms with Crippen LogP contribution in [-0.2, 0) is 21.1 Å². The molecule has 0 bridgehead atoms. The van der Waals surface area contributed by atoms with Gasteiger partial charge in [0.25, 0.3) is 0 Å². The Kier molecular flexibility index (Phi) is 798. The molecule has 0 spiro atoms. The van der Waals surface area contributed by atoms with E-state index in [1.807, 2.05) is 0 Å². The summed E-state index contributed by atoms with van der Waals surface area (Å²) in [6, 6.07) is 0. The molecule has 1 radical (unpaired) electrons. The first-order chi connectivity index (χ1) is 0. The van der Waals surface area contributed by atoms with E-state index in [9.17, 15) is 0 Å². The van der Waals surface area contributed by atoms with Crippen molar-refractivity contribution in [2.24, 2.45) is 0 Å². The average molecular weight is 513 g/mol. The molecule has 0 rings (SSSR count). The molecular weight excluding hydrogens is 511 g/mol. The SMILES string of the molecule is O.[Br-].[Br-].[Br-].[Br-].[Br-].[Mo+3]. The molecule has 51 valence electrons. The molecule has 0 amide bonds. The summed E-state index contributed by atoms with van der Waals surface area (Å²) in [5.41, 5.74) is 0. The van der Waals surface area contributed by atoms with Crippen LogP contribution in [0.1, 0.15) is 0 Å². The van der Waals surface area contributed by atoms with Crippen molar-refractivity contribution in [2.75, 3.05) is 0 Å². The van der Waals surface area contributed by atoms with E-state index in [2.05, 4.69) is 0 Å². The van der Waals surface area contributed by atoms with Gasteiger partial charge in [0.15, 0.2) is 0 Å². The second kappa shape index (κ2) is 63.1. The third-order valence-corrected chi connectivity index (χ3v) is 0. The molecule has 0 aromatic rings. The molecule has 0 saturated heterocycles. The summed E-state index contributed by atoms with van der Waals surface area (Å²) in [7, 11) is 0. The maximum absolute atomic E-state index is 0. The van der Waals surface area contributed by atoms with E-state index in [0.717, 1.165) is 0 Å². The van der Waals surface area contributed by atoms with Gasteiger partial charge in [0.05, 0.1) is 0 Å². The molecule has 0 unspecified atom stereocenters. The van der Waals surface area contributed by atoms with Gasteiger partial charge >= 0.3 is 21.1 Å². The van der Waals surface area contributed by atoms with Gasteiger partial charge in [0, 0.05) is 0 Å². The first-order valence-electron chi connectivity index (χ1n) is 0. The van der Waals surface area contributed by atoms with Gasteiger partial charge in [-0.15, -0.1) is 0 Å². The van der Waals surface area contributed by atoms with E-state index in [-0.39, 0.29) is 111 Å². The first-order valence-corrected chi connectivity index (χ1v) is 0. The topological polar surface area (TPSA) is 31.5 Å². The van der Waals surface area contributed by atoms with Crippen molar-refractivity contribution in [1.29, 1.82) is 0 Å². The smallest absolute Gasteiger partial charge is 1.00 e. The van der Waals surface area contributed by atoms with E-state index in [1.54, 1.807) is 0 Å². The van der Waals surface area contributed by atoms with E-state index in [4.69, 9.17) is 0 Å². The van der Waals surface area contributed by atoms with Crippen LogP contribution in [0.3, 0.4) is 0 Å². The molecule has 1 nitrogen and oxygen atoms in total. The quantitative estimate of drug-likeness (QED) is 0.289. The van der Waals surface area contributed by atoms with Crippen molar-refractivity contribution in [3.8, 4) is 0 Å². The second-order valence-electron chi connectivity index (χ2n) is 0. The minimum absolute atomic E-state index is 0. The molecule has 0 aliphatic heterocycles. The van der Waals surface area contributed by atoms with E-state index < -0.39 is 0 Å². The van der Waals surface area contributed by atoms with Gasteiger partial charge < -0.3 is 90.4 Å². The maximum atomic E-state index is 0. The predicted molar refractivity (Wildman–Crippen MR) is 3.61 cm³/mol. The van der Waals surface area contributed by atoms with Crippen LogP contribution in [0.25, 0.3) is 0 Å². The fraction of sp³-hybridized carbons (Fsp3) is 0. The molecule has 0 heterocycles. The third kappa shape index (κ3) is 48.4. The molecule has 0 aromatic heterocycles. The molecule has 2 N–H and O–H groups in total. The van der Waals surface area contributed by atoms with Crippen molar-refractivity contribution in [3.63, 3.8) is 0 Å². The standard InChI is InChI=1S/5BrH.Mo.H2O/h5*1H;;1H2/q;;;;;+3;/p-5. The predicted octanol–water partition coefficient (Wildman–Crippen LogP) is -15.8. The van der Waals surface area contributed by atoms with E-state index >= 15 is 0 Å². The third-order valence-electron chi connectivity index (χ3n) is 0.